The van der Waals surface area contributed by atoms with E-state index >= 15 is 0 Å². The lowest BCUT2D eigenvalue weighted by Crippen LogP contribution is -2.40. The average molecular weight is 294 g/mol. The lowest BCUT2D eigenvalue weighted by Gasteiger charge is -2.15. The smallest absolute Gasteiger partial charge is 0.241 e. The Balaban J connectivity index is 3.16. The van der Waals surface area contributed by atoms with E-state index in [0.29, 0.717) is 0 Å². The fourth-order valence-electron chi connectivity index (χ4n) is 1.38. The second-order valence-corrected chi connectivity index (χ2v) is 5.42. The summed E-state index contributed by atoms with van der Waals surface area (Å²) in [6.07, 6.45) is 0. The third kappa shape index (κ3) is 3.53. The molecule has 0 saturated carbocycles. The molecular formula is C10H15FN2O5S. The van der Waals surface area contributed by atoms with Crippen molar-refractivity contribution in [2.75, 3.05) is 26.1 Å². The standard InChI is InChI=1S/C10H15FN2O5S/c1-18-10-8(11)2-7(3-9(10)12)19(16,17)13-6(4-14)5-15/h2-3,6,13-15H,4-5,12H2,1H3. The van der Waals surface area contributed by atoms with Crippen molar-refractivity contribution in [2.24, 2.45) is 0 Å². The van der Waals surface area contributed by atoms with Gasteiger partial charge in [-0.3, -0.25) is 0 Å². The lowest BCUT2D eigenvalue weighted by atomic mass is 10.3. The highest BCUT2D eigenvalue weighted by atomic mass is 32.2. The monoisotopic (exact) mass is 294 g/mol. The van der Waals surface area contributed by atoms with Gasteiger partial charge in [0.15, 0.2) is 11.6 Å². The van der Waals surface area contributed by atoms with Crippen LogP contribution < -0.4 is 15.2 Å². The summed E-state index contributed by atoms with van der Waals surface area (Å²) in [5, 5.41) is 17.6. The van der Waals surface area contributed by atoms with Crippen molar-refractivity contribution < 1.29 is 27.8 Å². The van der Waals surface area contributed by atoms with Crippen molar-refractivity contribution in [3.63, 3.8) is 0 Å². The predicted octanol–water partition coefficient (Wildman–Crippen LogP) is -0.952. The summed E-state index contributed by atoms with van der Waals surface area (Å²) >= 11 is 0. The Morgan fingerprint density at radius 1 is 1.42 bits per heavy atom. The van der Waals surface area contributed by atoms with E-state index in [1.54, 1.807) is 0 Å². The van der Waals surface area contributed by atoms with Crippen molar-refractivity contribution in [3.8, 4) is 5.75 Å². The summed E-state index contributed by atoms with van der Waals surface area (Å²) in [6, 6.07) is 0.690. The molecule has 1 rings (SSSR count). The molecule has 108 valence electrons. The van der Waals surface area contributed by atoms with E-state index in [1.807, 2.05) is 4.72 Å². The largest absolute Gasteiger partial charge is 0.492 e. The zero-order valence-electron chi connectivity index (χ0n) is 10.1. The number of nitrogens with two attached hydrogens (primary N) is 1. The Labute approximate surface area is 109 Å². The Morgan fingerprint density at radius 2 is 2.00 bits per heavy atom. The van der Waals surface area contributed by atoms with Crippen LogP contribution in [0.25, 0.3) is 0 Å². The average Bonchev–Trinajstić information content (AvgIpc) is 2.35. The number of nitrogens with one attached hydrogen (secondary N) is 1. The van der Waals surface area contributed by atoms with Crippen LogP contribution in [0.3, 0.4) is 0 Å². The highest BCUT2D eigenvalue weighted by molar-refractivity contribution is 7.89. The van der Waals surface area contributed by atoms with Crippen LogP contribution in [0.5, 0.6) is 5.75 Å². The highest BCUT2D eigenvalue weighted by Gasteiger charge is 2.22. The number of halogens is 1. The molecule has 1 aromatic rings. The number of hydrogen-bond donors (Lipinski definition) is 4. The number of anilines is 1. The van der Waals surface area contributed by atoms with E-state index in [4.69, 9.17) is 15.9 Å². The maximum absolute atomic E-state index is 13.5. The van der Waals surface area contributed by atoms with Crippen LogP contribution in [-0.2, 0) is 10.0 Å². The molecule has 0 radical (unpaired) electrons. The fourth-order valence-corrected chi connectivity index (χ4v) is 2.64. The number of nitrogen functional groups attached to an aromatic ring is 1. The number of ether oxygens (including phenoxy) is 1. The van der Waals surface area contributed by atoms with E-state index in [-0.39, 0.29) is 11.4 Å². The molecule has 19 heavy (non-hydrogen) atoms. The van der Waals surface area contributed by atoms with E-state index in [2.05, 4.69) is 4.74 Å². The molecule has 0 saturated heterocycles. The van der Waals surface area contributed by atoms with Crippen LogP contribution in [0.2, 0.25) is 0 Å². The van der Waals surface area contributed by atoms with Crippen molar-refractivity contribution >= 4 is 15.7 Å². The SMILES string of the molecule is COc1c(N)cc(S(=O)(=O)NC(CO)CO)cc1F. The van der Waals surface area contributed by atoms with E-state index in [9.17, 15) is 12.8 Å². The first-order valence-electron chi connectivity index (χ1n) is 5.22. The van der Waals surface area contributed by atoms with Gasteiger partial charge < -0.3 is 20.7 Å². The van der Waals surface area contributed by atoms with Crippen molar-refractivity contribution in [1.29, 1.82) is 0 Å². The van der Waals surface area contributed by atoms with E-state index in [1.165, 1.54) is 7.11 Å². The van der Waals surface area contributed by atoms with Crippen LogP contribution in [0, 0.1) is 5.82 Å². The predicted molar refractivity (Wildman–Crippen MR) is 65.6 cm³/mol. The molecule has 0 bridgehead atoms. The molecule has 0 heterocycles. The van der Waals surface area contributed by atoms with Gasteiger partial charge in [-0.15, -0.1) is 0 Å². The van der Waals surface area contributed by atoms with Crippen LogP contribution >= 0.6 is 0 Å². The zero-order valence-corrected chi connectivity index (χ0v) is 10.9. The van der Waals surface area contributed by atoms with Gasteiger partial charge in [-0.05, 0) is 12.1 Å². The van der Waals surface area contributed by atoms with Gasteiger partial charge in [-0.2, -0.15) is 0 Å². The van der Waals surface area contributed by atoms with Gasteiger partial charge >= 0.3 is 0 Å². The van der Waals surface area contributed by atoms with Gasteiger partial charge in [-0.25, -0.2) is 17.5 Å². The summed E-state index contributed by atoms with van der Waals surface area (Å²) in [7, 11) is -2.90. The topological polar surface area (TPSA) is 122 Å². The first-order valence-corrected chi connectivity index (χ1v) is 6.71. The van der Waals surface area contributed by atoms with Gasteiger partial charge in [0.05, 0.1) is 36.9 Å². The van der Waals surface area contributed by atoms with Gasteiger partial charge in [0.1, 0.15) is 0 Å². The molecule has 0 aliphatic rings. The maximum Gasteiger partial charge on any atom is 0.241 e. The van der Waals surface area contributed by atoms with E-state index < -0.39 is 40.0 Å². The second kappa shape index (κ2) is 6.15. The number of aliphatic hydroxyl groups is 2. The zero-order chi connectivity index (χ0) is 14.6. The van der Waals surface area contributed by atoms with Gasteiger partial charge in [-0.1, -0.05) is 0 Å². The molecule has 7 nitrogen and oxygen atoms in total. The third-order valence-corrected chi connectivity index (χ3v) is 3.82. The summed E-state index contributed by atoms with van der Waals surface area (Å²) in [5.41, 5.74) is 5.30. The summed E-state index contributed by atoms with van der Waals surface area (Å²) < 4.78 is 44.0. The molecule has 0 aromatic heterocycles. The van der Waals surface area contributed by atoms with E-state index in [0.717, 1.165) is 12.1 Å². The molecule has 1 aromatic carbocycles. The molecule has 5 N–H and O–H groups in total. The number of benzene rings is 1. The third-order valence-electron chi connectivity index (χ3n) is 2.32. The molecule has 0 aliphatic carbocycles. The Bertz CT molecular complexity index is 522. The van der Waals surface area contributed by atoms with Gasteiger partial charge in [0.25, 0.3) is 0 Å². The van der Waals surface area contributed by atoms with Crippen LogP contribution in [0.1, 0.15) is 0 Å². The first-order chi connectivity index (χ1) is 8.85. The summed E-state index contributed by atoms with van der Waals surface area (Å²) in [4.78, 5) is -0.421. The Kier molecular flexibility index (Phi) is 5.06. The van der Waals surface area contributed by atoms with Crippen molar-refractivity contribution in [2.45, 2.75) is 10.9 Å². The molecular weight excluding hydrogens is 279 g/mol. The maximum atomic E-state index is 13.5. The quantitative estimate of drug-likeness (QED) is 0.502. The first kappa shape index (κ1) is 15.6. The number of aliphatic hydroxyl groups excluding tert-OH is 2. The molecule has 0 spiro atoms. The van der Waals surface area contributed by atoms with Crippen molar-refractivity contribution in [1.82, 2.24) is 4.72 Å². The second-order valence-electron chi connectivity index (χ2n) is 3.71. The Hall–Kier alpha value is -1.42. The van der Waals surface area contributed by atoms with Crippen LogP contribution in [0.15, 0.2) is 17.0 Å². The number of rotatable bonds is 6. The highest BCUT2D eigenvalue weighted by Crippen LogP contribution is 2.28. The number of methoxy groups -OCH3 is 1. The normalized spacial score (nSPS) is 11.8. The van der Waals surface area contributed by atoms with Gasteiger partial charge in [0, 0.05) is 0 Å². The minimum absolute atomic E-state index is 0.174. The van der Waals surface area contributed by atoms with Crippen LogP contribution in [0.4, 0.5) is 10.1 Å². The van der Waals surface area contributed by atoms with Crippen molar-refractivity contribution in [3.05, 3.63) is 17.9 Å². The minimum atomic E-state index is -4.10. The van der Waals surface area contributed by atoms with Gasteiger partial charge in [0.2, 0.25) is 10.0 Å². The Morgan fingerprint density at radius 3 is 2.42 bits per heavy atom. The molecule has 9 heteroatoms. The lowest BCUT2D eigenvalue weighted by molar-refractivity contribution is 0.185. The summed E-state index contributed by atoms with van der Waals surface area (Å²) in [5.74, 6) is -1.17. The number of sulfonamides is 1. The molecule has 0 fully saturated rings. The minimum Gasteiger partial charge on any atom is -0.492 e. The fraction of sp³-hybridized carbons (Fsp3) is 0.400. The molecule has 0 amide bonds. The number of hydrogen-bond acceptors (Lipinski definition) is 6. The molecule has 0 atom stereocenters. The summed E-state index contributed by atoms with van der Waals surface area (Å²) in [6.45, 7) is -1.19. The molecule has 0 unspecified atom stereocenters. The van der Waals surface area contributed by atoms with Crippen LogP contribution in [-0.4, -0.2) is 45.0 Å². The molecule has 0 aliphatic heterocycles.